The van der Waals surface area contributed by atoms with E-state index in [1.165, 1.54) is 0 Å². The van der Waals surface area contributed by atoms with Crippen molar-refractivity contribution in [2.24, 2.45) is 0 Å². The van der Waals surface area contributed by atoms with Gasteiger partial charge in [0.25, 0.3) is 0 Å². The molecule has 1 nitrogen and oxygen atoms in total. The Morgan fingerprint density at radius 2 is 1.71 bits per heavy atom. The van der Waals surface area contributed by atoms with E-state index in [1.54, 1.807) is 0 Å². The second-order valence-electron chi connectivity index (χ2n) is 2.63. The van der Waals surface area contributed by atoms with Gasteiger partial charge in [-0.15, -0.1) is 5.69 Å². The summed E-state index contributed by atoms with van der Waals surface area (Å²) >= 11 is 0. The van der Waals surface area contributed by atoms with Crippen LogP contribution in [0.2, 0.25) is 0 Å². The van der Waals surface area contributed by atoms with Crippen molar-refractivity contribution in [2.45, 2.75) is 0 Å². The average Bonchev–Trinajstić information content (AvgIpc) is 2.21. The van der Waals surface area contributed by atoms with Crippen molar-refractivity contribution >= 4 is 11.4 Å². The Morgan fingerprint density at radius 3 is 2.36 bits per heavy atom. The second kappa shape index (κ2) is 5.40. The first-order chi connectivity index (χ1) is 6.45. The van der Waals surface area contributed by atoms with E-state index in [4.69, 9.17) is 0 Å². The van der Waals surface area contributed by atoms with Gasteiger partial charge < -0.3 is 5.32 Å². The number of hydrogen-bond acceptors (Lipinski definition) is 0. The Bertz CT molecular complexity index is 321. The summed E-state index contributed by atoms with van der Waals surface area (Å²) in [5.74, 6) is 0. The molecule has 0 fully saturated rings. The summed E-state index contributed by atoms with van der Waals surface area (Å²) in [6.45, 7) is 0. The van der Waals surface area contributed by atoms with Gasteiger partial charge in [0, 0.05) is 0 Å². The first-order valence-corrected chi connectivity index (χ1v) is 4.10. The minimum absolute atomic E-state index is 0. The van der Waals surface area contributed by atoms with Gasteiger partial charge in [0.1, 0.15) is 0 Å². The molecule has 0 bridgehead atoms. The maximum Gasteiger partial charge on any atom is 1.00 e. The molecule has 0 heterocycles. The van der Waals surface area contributed by atoms with E-state index in [0.29, 0.717) is 0 Å². The third-order valence-corrected chi connectivity index (χ3v) is 1.64. The molecule has 0 amide bonds. The van der Waals surface area contributed by atoms with Crippen LogP contribution in [-0.2, 0) is 0 Å². The van der Waals surface area contributed by atoms with Crippen molar-refractivity contribution in [2.75, 3.05) is 0 Å². The van der Waals surface area contributed by atoms with Crippen molar-refractivity contribution in [1.29, 1.82) is 0 Å². The van der Waals surface area contributed by atoms with E-state index in [0.717, 1.165) is 11.4 Å². The molecule has 2 heteroatoms. The molecule has 0 aliphatic carbocycles. The summed E-state index contributed by atoms with van der Waals surface area (Å²) in [4.78, 5) is 0. The number of nitrogens with zero attached hydrogens (tertiary/aromatic N) is 1. The fourth-order valence-corrected chi connectivity index (χ4v) is 1.05. The van der Waals surface area contributed by atoms with Crippen molar-refractivity contribution in [3.8, 4) is 0 Å². The van der Waals surface area contributed by atoms with Crippen LogP contribution < -0.4 is 18.9 Å². The quantitative estimate of drug-likeness (QED) is 0.591. The van der Waals surface area contributed by atoms with Crippen LogP contribution in [0.25, 0.3) is 5.32 Å². The topological polar surface area (TPSA) is 14.1 Å². The van der Waals surface area contributed by atoms with Gasteiger partial charge in [-0.05, 0) is 6.07 Å². The van der Waals surface area contributed by atoms with Crippen LogP contribution in [-0.4, -0.2) is 0 Å². The fraction of sp³-hybridized carbons (Fsp3) is 0. The Labute approximate surface area is 96.3 Å². The van der Waals surface area contributed by atoms with Crippen LogP contribution in [0.3, 0.4) is 0 Å². The molecular weight excluding hydrogens is 165 g/mol. The van der Waals surface area contributed by atoms with E-state index in [-0.39, 0.29) is 18.9 Å². The van der Waals surface area contributed by atoms with Crippen LogP contribution in [0, 0.1) is 12.1 Å². The second-order valence-corrected chi connectivity index (χ2v) is 2.63. The number of rotatable bonds is 2. The Hall–Kier alpha value is -1.34. The molecular formula is C12H8LiN. The summed E-state index contributed by atoms with van der Waals surface area (Å²) in [6, 6.07) is 21.2. The minimum Gasteiger partial charge on any atom is -0.651 e. The van der Waals surface area contributed by atoms with Crippen LogP contribution >= 0.6 is 0 Å². The standard InChI is InChI=1S/C12H8N.Li/c1-3-7-11(8-4-1)13-12-9-5-2-6-10-12;/h1-5,7-9H;/q-1;+1. The summed E-state index contributed by atoms with van der Waals surface area (Å²) in [6.07, 6.45) is 0. The van der Waals surface area contributed by atoms with Crippen molar-refractivity contribution in [3.63, 3.8) is 0 Å². The zero-order chi connectivity index (χ0) is 8.93. The molecule has 0 unspecified atom stereocenters. The zero-order valence-corrected chi connectivity index (χ0v) is 8.07. The van der Waals surface area contributed by atoms with E-state index < -0.39 is 0 Å². The molecule has 0 N–H and O–H groups in total. The Morgan fingerprint density at radius 1 is 0.929 bits per heavy atom. The smallest absolute Gasteiger partial charge is 0.651 e. The van der Waals surface area contributed by atoms with Crippen molar-refractivity contribution < 1.29 is 18.9 Å². The number of benzene rings is 1. The normalized spacial score (nSPS) is 8.29. The fourth-order valence-electron chi connectivity index (χ4n) is 1.05. The summed E-state index contributed by atoms with van der Waals surface area (Å²) < 4.78 is 0. The van der Waals surface area contributed by atoms with Gasteiger partial charge in [0.15, 0.2) is 0 Å². The monoisotopic (exact) mass is 173 g/mol. The van der Waals surface area contributed by atoms with E-state index in [2.05, 4.69) is 17.4 Å². The third-order valence-electron chi connectivity index (χ3n) is 1.64. The Balaban J connectivity index is 0.000000980. The SMILES string of the molecule is [Li+].c1cccc([N-]c2ccccc2)c#1. The molecule has 2 rings (SSSR count). The number of para-hydroxylation sites is 1. The molecule has 62 valence electrons. The van der Waals surface area contributed by atoms with Gasteiger partial charge in [-0.25, -0.2) is 0 Å². The third kappa shape index (κ3) is 2.86. The molecule has 14 heavy (non-hydrogen) atoms. The van der Waals surface area contributed by atoms with E-state index >= 15 is 0 Å². The average molecular weight is 173 g/mol. The van der Waals surface area contributed by atoms with Crippen LogP contribution in [0.4, 0.5) is 11.4 Å². The van der Waals surface area contributed by atoms with Crippen molar-refractivity contribution in [1.82, 2.24) is 0 Å². The van der Waals surface area contributed by atoms with Crippen LogP contribution in [0.5, 0.6) is 0 Å². The van der Waals surface area contributed by atoms with E-state index in [1.807, 2.05) is 48.5 Å². The predicted molar refractivity (Wildman–Crippen MR) is 53.2 cm³/mol. The maximum atomic E-state index is 4.35. The molecule has 0 spiro atoms. The molecule has 0 aromatic heterocycles. The number of hydrogen-bond donors (Lipinski definition) is 0. The molecule has 0 radical (unpaired) electrons. The van der Waals surface area contributed by atoms with Gasteiger partial charge in [-0.2, -0.15) is 0 Å². The van der Waals surface area contributed by atoms with Gasteiger partial charge >= 0.3 is 18.9 Å². The van der Waals surface area contributed by atoms with Gasteiger partial charge in [-0.3, -0.25) is 0 Å². The molecule has 0 aliphatic rings. The van der Waals surface area contributed by atoms with E-state index in [9.17, 15) is 0 Å². The molecule has 0 atom stereocenters. The molecule has 2 aromatic carbocycles. The Kier molecular flexibility index (Phi) is 4.14. The summed E-state index contributed by atoms with van der Waals surface area (Å²) in [7, 11) is 0. The summed E-state index contributed by atoms with van der Waals surface area (Å²) in [5.41, 5.74) is 1.76. The first kappa shape index (κ1) is 10.7. The first-order valence-electron chi connectivity index (χ1n) is 4.10. The van der Waals surface area contributed by atoms with Gasteiger partial charge in [0.05, 0.1) is 0 Å². The predicted octanol–water partition coefficient (Wildman–Crippen LogP) is 0.628. The molecule has 0 saturated heterocycles. The van der Waals surface area contributed by atoms with Gasteiger partial charge in [0.2, 0.25) is 0 Å². The van der Waals surface area contributed by atoms with Crippen LogP contribution in [0.15, 0.2) is 48.5 Å². The largest absolute Gasteiger partial charge is 1.00 e. The summed E-state index contributed by atoms with van der Waals surface area (Å²) in [5, 5.41) is 4.35. The maximum absolute atomic E-state index is 4.35. The van der Waals surface area contributed by atoms with Gasteiger partial charge in [-0.1, -0.05) is 60.3 Å². The van der Waals surface area contributed by atoms with Crippen molar-refractivity contribution in [3.05, 3.63) is 66.0 Å². The molecule has 0 aliphatic heterocycles. The van der Waals surface area contributed by atoms with Crippen LogP contribution in [0.1, 0.15) is 0 Å². The molecule has 2 aromatic rings. The zero-order valence-electron chi connectivity index (χ0n) is 8.07. The molecule has 0 saturated carbocycles. The minimum atomic E-state index is 0.